The predicted molar refractivity (Wildman–Crippen MR) is 94.3 cm³/mol. The molecular weight excluding hydrogens is 338 g/mol. The highest BCUT2D eigenvalue weighted by Crippen LogP contribution is 2.33. The number of ether oxygens (including phenoxy) is 1. The molecule has 4 rings (SSSR count). The Kier molecular flexibility index (Phi) is 4.12. The molecule has 8 heteroatoms. The Morgan fingerprint density at radius 3 is 2.68 bits per heavy atom. The van der Waals surface area contributed by atoms with Crippen LogP contribution < -0.4 is 4.74 Å². The lowest BCUT2D eigenvalue weighted by Crippen LogP contribution is -2.38. The number of aromatic nitrogens is 4. The molecule has 0 N–H and O–H groups in total. The van der Waals surface area contributed by atoms with Gasteiger partial charge in [-0.15, -0.1) is 11.3 Å². The fourth-order valence-electron chi connectivity index (χ4n) is 3.33. The molecule has 1 fully saturated rings. The fraction of sp³-hybridized carbons (Fsp3) is 0.412. The van der Waals surface area contributed by atoms with E-state index >= 15 is 0 Å². The van der Waals surface area contributed by atoms with E-state index in [4.69, 9.17) is 9.72 Å². The second kappa shape index (κ2) is 6.44. The van der Waals surface area contributed by atoms with E-state index < -0.39 is 0 Å². The number of fused-ring (bicyclic) bond motifs is 1. The molecule has 4 heterocycles. The number of imidazole rings is 1. The molecule has 3 aromatic rings. The number of aryl methyl sites for hydroxylation is 1. The van der Waals surface area contributed by atoms with Gasteiger partial charge in [0.15, 0.2) is 0 Å². The lowest BCUT2D eigenvalue weighted by molar-refractivity contribution is 0.0711. The van der Waals surface area contributed by atoms with Gasteiger partial charge in [0, 0.05) is 43.0 Å². The van der Waals surface area contributed by atoms with E-state index in [1.54, 1.807) is 11.3 Å². The van der Waals surface area contributed by atoms with Gasteiger partial charge in [-0.05, 0) is 19.8 Å². The highest BCUT2D eigenvalue weighted by molar-refractivity contribution is 7.15. The van der Waals surface area contributed by atoms with Crippen molar-refractivity contribution in [1.82, 2.24) is 24.3 Å². The number of hydrogen-bond acceptors (Lipinski definition) is 6. The van der Waals surface area contributed by atoms with Gasteiger partial charge in [0.2, 0.25) is 0 Å². The summed E-state index contributed by atoms with van der Waals surface area (Å²) in [5.74, 6) is 1.40. The lowest BCUT2D eigenvalue weighted by Gasteiger charge is -2.31. The summed E-state index contributed by atoms with van der Waals surface area (Å²) in [5.41, 5.74) is 1.67. The standard InChI is InChI=1S/C17H19N5O2S/c1-11-20-14(16-22(11)7-8-25-16)12-3-5-21(6-4-12)15(23)13-9-18-17(24-2)19-10-13/h7-10,12H,3-6H2,1-2H3. The Morgan fingerprint density at radius 2 is 2.00 bits per heavy atom. The minimum absolute atomic E-state index is 0.0246. The maximum absolute atomic E-state index is 12.6. The second-order valence-electron chi connectivity index (χ2n) is 6.15. The molecular formula is C17H19N5O2S. The van der Waals surface area contributed by atoms with Gasteiger partial charge in [-0.25, -0.2) is 15.0 Å². The molecule has 0 saturated carbocycles. The van der Waals surface area contributed by atoms with Crippen LogP contribution in [0.1, 0.15) is 40.6 Å². The van der Waals surface area contributed by atoms with E-state index in [0.717, 1.165) is 31.8 Å². The van der Waals surface area contributed by atoms with Crippen LogP contribution >= 0.6 is 11.3 Å². The quantitative estimate of drug-likeness (QED) is 0.720. The second-order valence-corrected chi connectivity index (χ2v) is 7.04. The molecule has 1 aliphatic rings. The number of thiazole rings is 1. The van der Waals surface area contributed by atoms with Gasteiger partial charge in [0.25, 0.3) is 5.91 Å². The number of rotatable bonds is 3. The number of likely N-dealkylation sites (tertiary alicyclic amines) is 1. The van der Waals surface area contributed by atoms with E-state index in [9.17, 15) is 4.79 Å². The van der Waals surface area contributed by atoms with E-state index in [2.05, 4.69) is 25.9 Å². The molecule has 0 aromatic carbocycles. The number of piperidine rings is 1. The number of hydrogen-bond donors (Lipinski definition) is 0. The van der Waals surface area contributed by atoms with Crippen molar-refractivity contribution in [3.63, 3.8) is 0 Å². The molecule has 130 valence electrons. The third kappa shape index (κ3) is 2.86. The number of carbonyl (C=O) groups is 1. The van der Waals surface area contributed by atoms with Crippen LogP contribution in [0.5, 0.6) is 6.01 Å². The maximum Gasteiger partial charge on any atom is 0.316 e. The maximum atomic E-state index is 12.6. The van der Waals surface area contributed by atoms with E-state index in [1.165, 1.54) is 30.0 Å². The van der Waals surface area contributed by atoms with E-state index in [0.29, 0.717) is 11.5 Å². The average molecular weight is 357 g/mol. The zero-order chi connectivity index (χ0) is 17.4. The summed E-state index contributed by atoms with van der Waals surface area (Å²) in [5, 5.41) is 2.09. The number of nitrogens with zero attached hydrogens (tertiary/aromatic N) is 5. The van der Waals surface area contributed by atoms with Crippen LogP contribution in [-0.2, 0) is 0 Å². The van der Waals surface area contributed by atoms with Crippen molar-refractivity contribution in [3.05, 3.63) is 41.1 Å². The molecule has 0 bridgehead atoms. The first-order valence-corrected chi connectivity index (χ1v) is 9.12. The summed E-state index contributed by atoms with van der Waals surface area (Å²) in [6.45, 7) is 3.48. The van der Waals surface area contributed by atoms with Crippen molar-refractivity contribution >= 4 is 22.1 Å². The SMILES string of the molecule is COc1ncc(C(=O)N2CCC(c3nc(C)n4ccsc34)CC2)cn1. The first kappa shape index (κ1) is 16.0. The van der Waals surface area contributed by atoms with Crippen LogP contribution in [0.4, 0.5) is 0 Å². The van der Waals surface area contributed by atoms with Crippen molar-refractivity contribution in [2.75, 3.05) is 20.2 Å². The van der Waals surface area contributed by atoms with Crippen LogP contribution in [0.2, 0.25) is 0 Å². The lowest BCUT2D eigenvalue weighted by atomic mass is 9.93. The normalized spacial score (nSPS) is 15.7. The summed E-state index contributed by atoms with van der Waals surface area (Å²) in [7, 11) is 1.50. The molecule has 1 aliphatic heterocycles. The summed E-state index contributed by atoms with van der Waals surface area (Å²) in [4.78, 5) is 28.5. The Hall–Kier alpha value is -2.48. The first-order chi connectivity index (χ1) is 12.2. The monoisotopic (exact) mass is 357 g/mol. The molecule has 0 radical (unpaired) electrons. The molecule has 0 spiro atoms. The smallest absolute Gasteiger partial charge is 0.316 e. The van der Waals surface area contributed by atoms with Crippen molar-refractivity contribution in [1.29, 1.82) is 0 Å². The van der Waals surface area contributed by atoms with Gasteiger partial charge in [0.1, 0.15) is 10.7 Å². The van der Waals surface area contributed by atoms with Crippen LogP contribution in [0.25, 0.3) is 4.83 Å². The van der Waals surface area contributed by atoms with Gasteiger partial charge in [-0.1, -0.05) is 0 Å². The predicted octanol–water partition coefficient (Wildman–Crippen LogP) is 2.52. The van der Waals surface area contributed by atoms with Gasteiger partial charge < -0.3 is 9.64 Å². The Balaban J connectivity index is 1.45. The van der Waals surface area contributed by atoms with E-state index in [-0.39, 0.29) is 11.9 Å². The zero-order valence-electron chi connectivity index (χ0n) is 14.2. The van der Waals surface area contributed by atoms with Crippen LogP contribution in [-0.4, -0.2) is 50.4 Å². The molecule has 3 aromatic heterocycles. The molecule has 25 heavy (non-hydrogen) atoms. The molecule has 7 nitrogen and oxygen atoms in total. The van der Waals surface area contributed by atoms with Gasteiger partial charge in [-0.3, -0.25) is 9.20 Å². The molecule has 1 amide bonds. The topological polar surface area (TPSA) is 72.6 Å². The largest absolute Gasteiger partial charge is 0.467 e. The van der Waals surface area contributed by atoms with Crippen molar-refractivity contribution in [2.45, 2.75) is 25.7 Å². The highest BCUT2D eigenvalue weighted by atomic mass is 32.1. The van der Waals surface area contributed by atoms with Gasteiger partial charge >= 0.3 is 6.01 Å². The Morgan fingerprint density at radius 1 is 1.28 bits per heavy atom. The van der Waals surface area contributed by atoms with Crippen LogP contribution in [0, 0.1) is 6.92 Å². The van der Waals surface area contributed by atoms with Crippen LogP contribution in [0.15, 0.2) is 24.0 Å². The van der Waals surface area contributed by atoms with Gasteiger partial charge in [0.05, 0.1) is 18.4 Å². The summed E-state index contributed by atoms with van der Waals surface area (Å²) in [6, 6.07) is 0.269. The van der Waals surface area contributed by atoms with Gasteiger partial charge in [-0.2, -0.15) is 0 Å². The molecule has 1 saturated heterocycles. The summed E-state index contributed by atoms with van der Waals surface area (Å²) < 4.78 is 7.08. The minimum Gasteiger partial charge on any atom is -0.467 e. The zero-order valence-corrected chi connectivity index (χ0v) is 15.0. The first-order valence-electron chi connectivity index (χ1n) is 8.24. The van der Waals surface area contributed by atoms with Crippen molar-refractivity contribution < 1.29 is 9.53 Å². The third-order valence-corrected chi connectivity index (χ3v) is 5.57. The Labute approximate surface area is 149 Å². The highest BCUT2D eigenvalue weighted by Gasteiger charge is 2.28. The molecule has 0 aliphatic carbocycles. The summed E-state index contributed by atoms with van der Waals surface area (Å²) >= 11 is 1.73. The van der Waals surface area contributed by atoms with Crippen molar-refractivity contribution in [2.24, 2.45) is 0 Å². The third-order valence-electron chi connectivity index (χ3n) is 4.68. The molecule has 0 unspecified atom stereocenters. The van der Waals surface area contributed by atoms with E-state index in [1.807, 2.05) is 11.8 Å². The minimum atomic E-state index is -0.0246. The summed E-state index contributed by atoms with van der Waals surface area (Å²) in [6.07, 6.45) is 6.95. The Bertz CT molecular complexity index is 894. The number of carbonyl (C=O) groups excluding carboxylic acids is 1. The van der Waals surface area contributed by atoms with Crippen molar-refractivity contribution in [3.8, 4) is 6.01 Å². The average Bonchev–Trinajstić information content (AvgIpc) is 3.26. The number of amides is 1. The fourth-order valence-corrected chi connectivity index (χ4v) is 4.28. The number of methoxy groups -OCH3 is 1. The van der Waals surface area contributed by atoms with Crippen LogP contribution in [0.3, 0.4) is 0 Å². The molecule has 0 atom stereocenters.